The maximum absolute atomic E-state index is 3.56. The minimum Gasteiger partial charge on any atom is -0.310 e. The second-order valence-corrected chi connectivity index (χ2v) is 7.50. The molecule has 0 fully saturated rings. The third-order valence-electron chi connectivity index (χ3n) is 4.76. The zero-order valence-corrected chi connectivity index (χ0v) is 16.5. The second-order valence-electron chi connectivity index (χ2n) is 6.58. The van der Waals surface area contributed by atoms with Gasteiger partial charge in [0, 0.05) is 21.5 Å². The van der Waals surface area contributed by atoms with Gasteiger partial charge in [-0.3, -0.25) is 0 Å². The van der Waals surface area contributed by atoms with E-state index in [1.165, 1.54) is 39.0 Å². The van der Waals surface area contributed by atoms with E-state index in [9.17, 15) is 0 Å². The molecule has 0 spiro atoms. The Bertz CT molecular complexity index is 1040. The molecule has 0 aliphatic heterocycles. The van der Waals surface area contributed by atoms with E-state index in [2.05, 4.69) is 120 Å². The van der Waals surface area contributed by atoms with Gasteiger partial charge in [-0.05, 0) is 72.1 Å². The zero-order chi connectivity index (χ0) is 18.1. The molecule has 0 aliphatic carbocycles. The first kappa shape index (κ1) is 16.9. The van der Waals surface area contributed by atoms with Gasteiger partial charge in [-0.15, -0.1) is 0 Å². The average molecular weight is 402 g/mol. The SMILES string of the molecule is Cc1ccccc1N(c1ccc2cc(Br)ccc2c1)c1ccccc1C. The summed E-state index contributed by atoms with van der Waals surface area (Å²) < 4.78 is 1.10. The summed E-state index contributed by atoms with van der Waals surface area (Å²) in [5, 5.41) is 2.47. The first-order valence-electron chi connectivity index (χ1n) is 8.74. The Morgan fingerprint density at radius 3 is 1.77 bits per heavy atom. The lowest BCUT2D eigenvalue weighted by Crippen LogP contribution is -2.12. The van der Waals surface area contributed by atoms with Crippen molar-refractivity contribution >= 4 is 43.8 Å². The average Bonchev–Trinajstić information content (AvgIpc) is 2.65. The summed E-state index contributed by atoms with van der Waals surface area (Å²) in [4.78, 5) is 2.35. The molecular weight excluding hydrogens is 382 g/mol. The maximum atomic E-state index is 3.56. The highest BCUT2D eigenvalue weighted by molar-refractivity contribution is 9.10. The van der Waals surface area contributed by atoms with Gasteiger partial charge in [0.25, 0.3) is 0 Å². The summed E-state index contributed by atoms with van der Waals surface area (Å²) in [6, 6.07) is 30.2. The second kappa shape index (κ2) is 6.97. The van der Waals surface area contributed by atoms with Crippen LogP contribution in [0.3, 0.4) is 0 Å². The van der Waals surface area contributed by atoms with Gasteiger partial charge in [0.05, 0.1) is 0 Å². The number of halogens is 1. The predicted octanol–water partition coefficient (Wildman–Crippen LogP) is 7.69. The molecule has 0 atom stereocenters. The van der Waals surface area contributed by atoms with Gasteiger partial charge in [-0.1, -0.05) is 64.5 Å². The molecule has 0 N–H and O–H groups in total. The number of anilines is 3. The molecule has 0 amide bonds. The minimum atomic E-state index is 1.10. The van der Waals surface area contributed by atoms with Crippen molar-refractivity contribution in [3.8, 4) is 0 Å². The molecule has 26 heavy (non-hydrogen) atoms. The Labute approximate surface area is 163 Å². The van der Waals surface area contributed by atoms with Crippen molar-refractivity contribution in [3.63, 3.8) is 0 Å². The summed E-state index contributed by atoms with van der Waals surface area (Å²) in [6.07, 6.45) is 0. The van der Waals surface area contributed by atoms with Gasteiger partial charge in [0.2, 0.25) is 0 Å². The van der Waals surface area contributed by atoms with Gasteiger partial charge in [0.15, 0.2) is 0 Å². The minimum absolute atomic E-state index is 1.10. The van der Waals surface area contributed by atoms with E-state index >= 15 is 0 Å². The van der Waals surface area contributed by atoms with Crippen LogP contribution >= 0.6 is 15.9 Å². The Kier molecular flexibility index (Phi) is 4.52. The number of para-hydroxylation sites is 2. The smallest absolute Gasteiger partial charge is 0.0490 e. The molecule has 0 unspecified atom stereocenters. The van der Waals surface area contributed by atoms with Crippen LogP contribution in [-0.4, -0.2) is 0 Å². The summed E-state index contributed by atoms with van der Waals surface area (Å²) in [7, 11) is 0. The van der Waals surface area contributed by atoms with E-state index in [1.54, 1.807) is 0 Å². The first-order valence-corrected chi connectivity index (χ1v) is 9.53. The quantitative estimate of drug-likeness (QED) is 0.340. The van der Waals surface area contributed by atoms with Gasteiger partial charge in [-0.2, -0.15) is 0 Å². The van der Waals surface area contributed by atoms with E-state index in [1.807, 2.05) is 0 Å². The van der Waals surface area contributed by atoms with E-state index in [0.29, 0.717) is 0 Å². The molecule has 1 nitrogen and oxygen atoms in total. The van der Waals surface area contributed by atoms with Crippen LogP contribution in [0.5, 0.6) is 0 Å². The Balaban J connectivity index is 1.95. The van der Waals surface area contributed by atoms with Crippen molar-refractivity contribution in [1.29, 1.82) is 0 Å². The van der Waals surface area contributed by atoms with E-state index in [0.717, 1.165) is 4.47 Å². The molecule has 2 heteroatoms. The molecule has 128 valence electrons. The van der Waals surface area contributed by atoms with Gasteiger partial charge < -0.3 is 4.90 Å². The van der Waals surface area contributed by atoms with Crippen LogP contribution in [0, 0.1) is 13.8 Å². The summed E-state index contributed by atoms with van der Waals surface area (Å²) in [5.74, 6) is 0. The van der Waals surface area contributed by atoms with Crippen molar-refractivity contribution in [3.05, 3.63) is 101 Å². The third-order valence-corrected chi connectivity index (χ3v) is 5.25. The van der Waals surface area contributed by atoms with Crippen LogP contribution in [0.25, 0.3) is 10.8 Å². The van der Waals surface area contributed by atoms with Crippen LogP contribution in [0.15, 0.2) is 89.4 Å². The van der Waals surface area contributed by atoms with Crippen molar-refractivity contribution < 1.29 is 0 Å². The normalized spacial score (nSPS) is 10.9. The number of nitrogens with zero attached hydrogens (tertiary/aromatic N) is 1. The van der Waals surface area contributed by atoms with Crippen molar-refractivity contribution in [2.24, 2.45) is 0 Å². The van der Waals surface area contributed by atoms with Crippen LogP contribution in [-0.2, 0) is 0 Å². The molecule has 0 bridgehead atoms. The summed E-state index contributed by atoms with van der Waals surface area (Å²) in [5.41, 5.74) is 6.10. The highest BCUT2D eigenvalue weighted by atomic mass is 79.9. The fourth-order valence-electron chi connectivity index (χ4n) is 3.38. The molecule has 4 rings (SSSR count). The highest BCUT2D eigenvalue weighted by Gasteiger charge is 2.16. The van der Waals surface area contributed by atoms with E-state index in [-0.39, 0.29) is 0 Å². The predicted molar refractivity (Wildman–Crippen MR) is 116 cm³/mol. The fourth-order valence-corrected chi connectivity index (χ4v) is 3.76. The molecule has 0 heterocycles. The third kappa shape index (κ3) is 3.13. The molecule has 0 saturated carbocycles. The largest absolute Gasteiger partial charge is 0.310 e. The van der Waals surface area contributed by atoms with E-state index in [4.69, 9.17) is 0 Å². The van der Waals surface area contributed by atoms with Crippen LogP contribution in [0.1, 0.15) is 11.1 Å². The van der Waals surface area contributed by atoms with Crippen molar-refractivity contribution in [2.75, 3.05) is 4.90 Å². The molecule has 4 aromatic carbocycles. The highest BCUT2D eigenvalue weighted by Crippen LogP contribution is 2.39. The maximum Gasteiger partial charge on any atom is 0.0490 e. The van der Waals surface area contributed by atoms with Crippen molar-refractivity contribution in [2.45, 2.75) is 13.8 Å². The summed E-state index contributed by atoms with van der Waals surface area (Å²) >= 11 is 3.56. The monoisotopic (exact) mass is 401 g/mol. The molecule has 0 aliphatic rings. The lowest BCUT2D eigenvalue weighted by molar-refractivity contribution is 1.23. The molecule has 0 saturated heterocycles. The lowest BCUT2D eigenvalue weighted by Gasteiger charge is -2.28. The van der Waals surface area contributed by atoms with Crippen molar-refractivity contribution in [1.82, 2.24) is 0 Å². The Hall–Kier alpha value is -2.58. The fraction of sp³-hybridized carbons (Fsp3) is 0.0833. The molecular formula is C24H20BrN. The van der Waals surface area contributed by atoms with E-state index < -0.39 is 0 Å². The topological polar surface area (TPSA) is 3.24 Å². The summed E-state index contributed by atoms with van der Waals surface area (Å²) in [6.45, 7) is 4.33. The molecule has 0 aromatic heterocycles. The molecule has 4 aromatic rings. The number of benzene rings is 4. The number of hydrogen-bond acceptors (Lipinski definition) is 1. The Morgan fingerprint density at radius 1 is 0.615 bits per heavy atom. The Morgan fingerprint density at radius 2 is 1.15 bits per heavy atom. The number of hydrogen-bond donors (Lipinski definition) is 0. The van der Waals surface area contributed by atoms with Gasteiger partial charge >= 0.3 is 0 Å². The van der Waals surface area contributed by atoms with Crippen LogP contribution in [0.2, 0.25) is 0 Å². The van der Waals surface area contributed by atoms with Crippen LogP contribution < -0.4 is 4.90 Å². The first-order chi connectivity index (χ1) is 12.6. The zero-order valence-electron chi connectivity index (χ0n) is 14.9. The van der Waals surface area contributed by atoms with Gasteiger partial charge in [0.1, 0.15) is 0 Å². The number of rotatable bonds is 3. The number of fused-ring (bicyclic) bond motifs is 1. The lowest BCUT2D eigenvalue weighted by atomic mass is 10.1. The van der Waals surface area contributed by atoms with Gasteiger partial charge in [-0.25, -0.2) is 0 Å². The molecule has 0 radical (unpaired) electrons. The standard InChI is InChI=1S/C24H20BrN/c1-17-7-3-5-9-23(17)26(24-10-6-4-8-18(24)2)22-14-12-19-15-21(25)13-11-20(19)16-22/h3-16H,1-2H3. The number of aryl methyl sites for hydroxylation is 2. The van der Waals surface area contributed by atoms with Crippen LogP contribution in [0.4, 0.5) is 17.1 Å².